The summed E-state index contributed by atoms with van der Waals surface area (Å²) in [7, 11) is 3.04. The van der Waals surface area contributed by atoms with E-state index in [2.05, 4.69) is 6.07 Å². The molecule has 0 saturated heterocycles. The van der Waals surface area contributed by atoms with Crippen molar-refractivity contribution in [2.24, 2.45) is 4.99 Å². The standard InChI is InChI=1S/C22H17ClN2O2S/c1-25(27-2)22(26)14-11-12-20-18(13-14)24-21(15-7-3-5-9-17(15)23)16-8-4-6-10-19(16)28-20/h3-13H,1-2H3. The summed E-state index contributed by atoms with van der Waals surface area (Å²) in [4.78, 5) is 24.5. The van der Waals surface area contributed by atoms with Crippen LogP contribution in [0.3, 0.4) is 0 Å². The molecule has 1 aliphatic rings. The van der Waals surface area contributed by atoms with Gasteiger partial charge in [-0.05, 0) is 30.3 Å². The molecule has 1 aliphatic heterocycles. The van der Waals surface area contributed by atoms with Crippen LogP contribution < -0.4 is 0 Å². The fourth-order valence-electron chi connectivity index (χ4n) is 3.00. The van der Waals surface area contributed by atoms with E-state index >= 15 is 0 Å². The van der Waals surface area contributed by atoms with Crippen LogP contribution in [0.4, 0.5) is 5.69 Å². The lowest BCUT2D eigenvalue weighted by molar-refractivity contribution is -0.0756. The molecular formula is C22H17ClN2O2S. The van der Waals surface area contributed by atoms with E-state index in [1.54, 1.807) is 30.9 Å². The Hall–Kier alpha value is -2.60. The second-order valence-electron chi connectivity index (χ2n) is 6.21. The van der Waals surface area contributed by atoms with Crippen LogP contribution in [0.1, 0.15) is 21.5 Å². The molecule has 1 amide bonds. The van der Waals surface area contributed by atoms with Gasteiger partial charge in [0.25, 0.3) is 5.91 Å². The van der Waals surface area contributed by atoms with Crippen molar-refractivity contribution in [3.8, 4) is 0 Å². The number of aliphatic imine (C=N–C) groups is 1. The van der Waals surface area contributed by atoms with E-state index in [0.29, 0.717) is 10.6 Å². The third-order valence-corrected chi connectivity index (χ3v) is 5.96. The highest BCUT2D eigenvalue weighted by Gasteiger charge is 2.21. The van der Waals surface area contributed by atoms with Gasteiger partial charge in [0.15, 0.2) is 0 Å². The van der Waals surface area contributed by atoms with Crippen molar-refractivity contribution in [2.45, 2.75) is 9.79 Å². The van der Waals surface area contributed by atoms with Crippen LogP contribution in [0.25, 0.3) is 0 Å². The smallest absolute Gasteiger partial charge is 0.274 e. The Morgan fingerprint density at radius 1 is 1.00 bits per heavy atom. The molecule has 0 bridgehead atoms. The predicted octanol–water partition coefficient (Wildman–Crippen LogP) is 5.61. The predicted molar refractivity (Wildman–Crippen MR) is 113 cm³/mol. The highest BCUT2D eigenvalue weighted by Crippen LogP contribution is 2.42. The topological polar surface area (TPSA) is 41.9 Å². The number of carbonyl (C=O) groups is 1. The van der Waals surface area contributed by atoms with Crippen molar-refractivity contribution in [3.63, 3.8) is 0 Å². The number of benzene rings is 3. The molecule has 0 N–H and O–H groups in total. The van der Waals surface area contributed by atoms with Crippen LogP contribution in [0, 0.1) is 0 Å². The molecule has 0 saturated carbocycles. The minimum Gasteiger partial charge on any atom is -0.274 e. The average Bonchev–Trinajstić information content (AvgIpc) is 2.89. The van der Waals surface area contributed by atoms with Gasteiger partial charge >= 0.3 is 0 Å². The Balaban J connectivity index is 1.92. The van der Waals surface area contributed by atoms with Crippen molar-refractivity contribution in [1.29, 1.82) is 0 Å². The van der Waals surface area contributed by atoms with Gasteiger partial charge in [0.05, 0.1) is 18.5 Å². The Labute approximate surface area is 172 Å². The van der Waals surface area contributed by atoms with Gasteiger partial charge in [-0.2, -0.15) is 0 Å². The first-order chi connectivity index (χ1) is 13.6. The van der Waals surface area contributed by atoms with E-state index in [4.69, 9.17) is 21.4 Å². The minimum absolute atomic E-state index is 0.230. The number of nitrogens with zero attached hydrogens (tertiary/aromatic N) is 2. The summed E-state index contributed by atoms with van der Waals surface area (Å²) in [6, 6.07) is 21.3. The zero-order valence-corrected chi connectivity index (χ0v) is 16.9. The molecule has 0 spiro atoms. The summed E-state index contributed by atoms with van der Waals surface area (Å²) in [5.41, 5.74) is 3.90. The molecule has 6 heteroatoms. The molecule has 0 unspecified atom stereocenters. The number of hydroxylamine groups is 2. The molecule has 3 aromatic rings. The number of fused-ring (bicyclic) bond motifs is 2. The average molecular weight is 409 g/mol. The number of carbonyl (C=O) groups excluding carboxylic acids is 1. The second-order valence-corrected chi connectivity index (χ2v) is 7.70. The molecular weight excluding hydrogens is 392 g/mol. The van der Waals surface area contributed by atoms with Crippen LogP contribution in [0.15, 0.2) is 81.5 Å². The van der Waals surface area contributed by atoms with Crippen molar-refractivity contribution < 1.29 is 9.63 Å². The van der Waals surface area contributed by atoms with E-state index in [0.717, 1.165) is 32.3 Å². The quantitative estimate of drug-likeness (QED) is 0.414. The molecule has 4 rings (SSSR count). The summed E-state index contributed by atoms with van der Waals surface area (Å²) in [6.07, 6.45) is 0. The maximum absolute atomic E-state index is 12.5. The van der Waals surface area contributed by atoms with E-state index in [1.165, 1.54) is 12.2 Å². The Bertz CT molecular complexity index is 1100. The summed E-state index contributed by atoms with van der Waals surface area (Å²) in [6.45, 7) is 0. The van der Waals surface area contributed by atoms with Gasteiger partial charge in [0.2, 0.25) is 0 Å². The summed E-state index contributed by atoms with van der Waals surface area (Å²) < 4.78 is 0. The first kappa shape index (κ1) is 18.7. The maximum Gasteiger partial charge on any atom is 0.277 e. The lowest BCUT2D eigenvalue weighted by Crippen LogP contribution is -2.25. The Morgan fingerprint density at radius 2 is 1.71 bits per heavy atom. The Kier molecular flexibility index (Phi) is 5.22. The molecule has 1 heterocycles. The fraction of sp³-hybridized carbons (Fsp3) is 0.0909. The molecule has 0 aromatic heterocycles. The molecule has 28 heavy (non-hydrogen) atoms. The van der Waals surface area contributed by atoms with Gasteiger partial charge in [-0.1, -0.05) is 59.8 Å². The van der Waals surface area contributed by atoms with Gasteiger partial charge in [0, 0.05) is 38.6 Å². The SMILES string of the molecule is CON(C)C(=O)c1ccc2c(c1)N=C(c1ccccc1Cl)c1ccccc1S2. The zero-order valence-electron chi connectivity index (χ0n) is 15.3. The van der Waals surface area contributed by atoms with Gasteiger partial charge in [-0.3, -0.25) is 9.63 Å². The minimum atomic E-state index is -0.230. The van der Waals surface area contributed by atoms with E-state index in [1.807, 2.05) is 48.5 Å². The molecule has 3 aromatic carbocycles. The van der Waals surface area contributed by atoms with Crippen molar-refractivity contribution in [2.75, 3.05) is 14.2 Å². The van der Waals surface area contributed by atoms with E-state index in [9.17, 15) is 4.79 Å². The van der Waals surface area contributed by atoms with Crippen molar-refractivity contribution in [1.82, 2.24) is 5.06 Å². The van der Waals surface area contributed by atoms with E-state index in [-0.39, 0.29) is 5.91 Å². The van der Waals surface area contributed by atoms with Gasteiger partial charge in [0.1, 0.15) is 0 Å². The van der Waals surface area contributed by atoms with Crippen LogP contribution in [-0.4, -0.2) is 30.8 Å². The number of halogens is 1. The van der Waals surface area contributed by atoms with Crippen LogP contribution >= 0.6 is 23.4 Å². The molecule has 0 atom stereocenters. The third kappa shape index (κ3) is 3.44. The largest absolute Gasteiger partial charge is 0.277 e. The third-order valence-electron chi connectivity index (χ3n) is 4.49. The second kappa shape index (κ2) is 7.80. The summed E-state index contributed by atoms with van der Waals surface area (Å²) >= 11 is 8.11. The molecule has 0 fully saturated rings. The lowest BCUT2D eigenvalue weighted by atomic mass is 10.0. The van der Waals surface area contributed by atoms with Gasteiger partial charge < -0.3 is 0 Å². The highest BCUT2D eigenvalue weighted by atomic mass is 35.5. The number of rotatable bonds is 3. The monoisotopic (exact) mass is 408 g/mol. The summed E-state index contributed by atoms with van der Waals surface area (Å²) in [5.74, 6) is -0.230. The van der Waals surface area contributed by atoms with Crippen LogP contribution in [0.2, 0.25) is 5.02 Å². The number of hydrogen-bond donors (Lipinski definition) is 0. The fourth-order valence-corrected chi connectivity index (χ4v) is 4.23. The summed E-state index contributed by atoms with van der Waals surface area (Å²) in [5, 5.41) is 1.83. The molecule has 0 aliphatic carbocycles. The van der Waals surface area contributed by atoms with Crippen LogP contribution in [-0.2, 0) is 4.84 Å². The molecule has 4 nitrogen and oxygen atoms in total. The first-order valence-corrected chi connectivity index (χ1v) is 9.85. The number of amides is 1. The highest BCUT2D eigenvalue weighted by molar-refractivity contribution is 7.99. The van der Waals surface area contributed by atoms with Gasteiger partial charge in [-0.25, -0.2) is 10.1 Å². The van der Waals surface area contributed by atoms with Crippen LogP contribution in [0.5, 0.6) is 0 Å². The first-order valence-electron chi connectivity index (χ1n) is 8.65. The maximum atomic E-state index is 12.5. The van der Waals surface area contributed by atoms with Crippen molar-refractivity contribution in [3.05, 3.63) is 88.4 Å². The molecule has 0 radical (unpaired) electrons. The normalized spacial score (nSPS) is 12.5. The Morgan fingerprint density at radius 3 is 2.46 bits per heavy atom. The zero-order chi connectivity index (χ0) is 19.7. The lowest BCUT2D eigenvalue weighted by Gasteiger charge is -2.14. The van der Waals surface area contributed by atoms with Gasteiger partial charge in [-0.15, -0.1) is 0 Å². The van der Waals surface area contributed by atoms with E-state index < -0.39 is 0 Å². The van der Waals surface area contributed by atoms with Crippen molar-refractivity contribution >= 4 is 40.7 Å². The molecule has 140 valence electrons. The number of hydrogen-bond acceptors (Lipinski definition) is 4.